The molecule has 0 bridgehead atoms. The Bertz CT molecular complexity index is 293. The molecule has 2 fully saturated rings. The van der Waals surface area contributed by atoms with Crippen LogP contribution >= 0.6 is 0 Å². The molecule has 18 heavy (non-hydrogen) atoms. The van der Waals surface area contributed by atoms with Crippen LogP contribution in [0.1, 0.15) is 58.8 Å². The summed E-state index contributed by atoms with van der Waals surface area (Å²) >= 11 is 0. The molecule has 0 aromatic heterocycles. The lowest BCUT2D eigenvalue weighted by Crippen LogP contribution is -2.42. The molecule has 1 saturated carbocycles. The summed E-state index contributed by atoms with van der Waals surface area (Å²) < 4.78 is 0. The van der Waals surface area contributed by atoms with E-state index in [1.807, 2.05) is 0 Å². The summed E-state index contributed by atoms with van der Waals surface area (Å²) in [6.07, 6.45) is 8.28. The Kier molecular flexibility index (Phi) is 4.31. The molecular formula is C15H27NO2. The Morgan fingerprint density at radius 2 is 1.78 bits per heavy atom. The Labute approximate surface area is 111 Å². The molecule has 3 nitrogen and oxygen atoms in total. The predicted molar refractivity (Wildman–Crippen MR) is 72.6 cm³/mol. The van der Waals surface area contributed by atoms with Gasteiger partial charge in [-0.3, -0.25) is 4.79 Å². The zero-order valence-electron chi connectivity index (χ0n) is 11.8. The number of hydrogen-bond donors (Lipinski definition) is 1. The van der Waals surface area contributed by atoms with E-state index in [0.717, 1.165) is 25.9 Å². The predicted octanol–water partition coefficient (Wildman–Crippen LogP) is 3.14. The van der Waals surface area contributed by atoms with Gasteiger partial charge in [0.25, 0.3) is 0 Å². The van der Waals surface area contributed by atoms with Gasteiger partial charge in [-0.1, -0.05) is 20.3 Å². The molecule has 3 heteroatoms. The Hall–Kier alpha value is -0.570. The second-order valence-corrected chi connectivity index (χ2v) is 6.90. The van der Waals surface area contributed by atoms with E-state index in [1.165, 1.54) is 32.1 Å². The van der Waals surface area contributed by atoms with Crippen molar-refractivity contribution in [3.05, 3.63) is 0 Å². The van der Waals surface area contributed by atoms with Gasteiger partial charge in [-0.15, -0.1) is 0 Å². The molecule has 1 N–H and O–H groups in total. The molecule has 2 aliphatic rings. The summed E-state index contributed by atoms with van der Waals surface area (Å²) in [5.74, 6) is -0.694. The Balaban J connectivity index is 1.84. The van der Waals surface area contributed by atoms with Crippen LogP contribution in [0.15, 0.2) is 0 Å². The summed E-state index contributed by atoms with van der Waals surface area (Å²) in [6.45, 7) is 6.74. The minimum Gasteiger partial charge on any atom is -0.481 e. The van der Waals surface area contributed by atoms with E-state index in [-0.39, 0.29) is 5.92 Å². The van der Waals surface area contributed by atoms with Crippen LogP contribution in [0.5, 0.6) is 0 Å². The molecule has 1 aliphatic carbocycles. The lowest BCUT2D eigenvalue weighted by atomic mass is 9.85. The molecule has 2 rings (SSSR count). The van der Waals surface area contributed by atoms with Crippen LogP contribution in [0.4, 0.5) is 0 Å². The highest BCUT2D eigenvalue weighted by atomic mass is 16.4. The van der Waals surface area contributed by atoms with E-state index in [1.54, 1.807) is 0 Å². The molecule has 1 atom stereocenters. The van der Waals surface area contributed by atoms with Crippen LogP contribution < -0.4 is 0 Å². The third-order valence-electron chi connectivity index (χ3n) is 4.94. The first kappa shape index (κ1) is 13.9. The molecule has 104 valence electrons. The van der Waals surface area contributed by atoms with Gasteiger partial charge in [0, 0.05) is 6.04 Å². The van der Waals surface area contributed by atoms with E-state index in [2.05, 4.69) is 18.7 Å². The van der Waals surface area contributed by atoms with Gasteiger partial charge < -0.3 is 10.0 Å². The van der Waals surface area contributed by atoms with Gasteiger partial charge in [0.2, 0.25) is 0 Å². The number of nitrogens with zero attached hydrogens (tertiary/aromatic N) is 1. The van der Waals surface area contributed by atoms with Gasteiger partial charge in [0.15, 0.2) is 0 Å². The van der Waals surface area contributed by atoms with Crippen molar-refractivity contribution in [2.75, 3.05) is 13.1 Å². The van der Waals surface area contributed by atoms with Gasteiger partial charge in [0.05, 0.1) is 5.92 Å². The second-order valence-electron chi connectivity index (χ2n) is 6.90. The first-order chi connectivity index (χ1) is 8.48. The van der Waals surface area contributed by atoms with Crippen molar-refractivity contribution in [1.82, 2.24) is 4.90 Å². The number of carbonyl (C=O) groups is 1. The average molecular weight is 253 g/mol. The highest BCUT2D eigenvalue weighted by Gasteiger charge is 2.31. The van der Waals surface area contributed by atoms with E-state index >= 15 is 0 Å². The van der Waals surface area contributed by atoms with E-state index in [4.69, 9.17) is 5.11 Å². The van der Waals surface area contributed by atoms with Crippen LogP contribution in [0.2, 0.25) is 0 Å². The molecule has 1 aliphatic heterocycles. The number of likely N-dealkylation sites (tertiary alicyclic amines) is 1. The smallest absolute Gasteiger partial charge is 0.306 e. The normalized spacial score (nSPS) is 30.9. The molecule has 0 amide bonds. The van der Waals surface area contributed by atoms with Crippen molar-refractivity contribution in [2.24, 2.45) is 11.3 Å². The third kappa shape index (κ3) is 3.47. The lowest BCUT2D eigenvalue weighted by Gasteiger charge is -2.36. The largest absolute Gasteiger partial charge is 0.481 e. The molecule has 1 heterocycles. The van der Waals surface area contributed by atoms with E-state index in [0.29, 0.717) is 11.5 Å². The van der Waals surface area contributed by atoms with Crippen molar-refractivity contribution < 1.29 is 9.90 Å². The highest BCUT2D eigenvalue weighted by molar-refractivity contribution is 5.70. The maximum atomic E-state index is 11.0. The van der Waals surface area contributed by atoms with Gasteiger partial charge in [-0.05, 0) is 57.0 Å². The molecule has 0 spiro atoms. The summed E-state index contributed by atoms with van der Waals surface area (Å²) in [7, 11) is 0. The van der Waals surface area contributed by atoms with Gasteiger partial charge >= 0.3 is 5.97 Å². The summed E-state index contributed by atoms with van der Waals surface area (Å²) in [5, 5.41) is 9.03. The van der Waals surface area contributed by atoms with Crippen molar-refractivity contribution in [3.63, 3.8) is 0 Å². The van der Waals surface area contributed by atoms with E-state index < -0.39 is 5.97 Å². The van der Waals surface area contributed by atoms with Gasteiger partial charge in [0.1, 0.15) is 0 Å². The fourth-order valence-corrected chi connectivity index (χ4v) is 3.52. The zero-order valence-corrected chi connectivity index (χ0v) is 11.8. The molecular weight excluding hydrogens is 226 g/mol. The minimum absolute atomic E-state index is 0.0940. The summed E-state index contributed by atoms with van der Waals surface area (Å²) in [6, 6.07) is 0.710. The molecule has 1 unspecified atom stereocenters. The first-order valence-corrected chi connectivity index (χ1v) is 7.45. The molecule has 0 aromatic carbocycles. The fourth-order valence-electron chi connectivity index (χ4n) is 3.52. The molecule has 1 saturated heterocycles. The van der Waals surface area contributed by atoms with E-state index in [9.17, 15) is 4.79 Å². The summed E-state index contributed by atoms with van der Waals surface area (Å²) in [5.41, 5.74) is 0.508. The van der Waals surface area contributed by atoms with Crippen LogP contribution in [0.3, 0.4) is 0 Å². The van der Waals surface area contributed by atoms with Crippen molar-refractivity contribution in [2.45, 2.75) is 64.8 Å². The third-order valence-corrected chi connectivity index (χ3v) is 4.94. The van der Waals surface area contributed by atoms with Crippen LogP contribution in [0, 0.1) is 11.3 Å². The zero-order chi connectivity index (χ0) is 13.2. The Morgan fingerprint density at radius 3 is 2.39 bits per heavy atom. The average Bonchev–Trinajstić information content (AvgIpc) is 2.50. The number of rotatable bonds is 2. The van der Waals surface area contributed by atoms with Gasteiger partial charge in [-0.25, -0.2) is 0 Å². The number of carboxylic acid groups (broad SMARTS) is 1. The van der Waals surface area contributed by atoms with Crippen molar-refractivity contribution in [1.29, 1.82) is 0 Å². The minimum atomic E-state index is -0.600. The quantitative estimate of drug-likeness (QED) is 0.769. The number of carboxylic acids is 1. The lowest BCUT2D eigenvalue weighted by molar-refractivity contribution is -0.143. The van der Waals surface area contributed by atoms with Crippen LogP contribution in [-0.2, 0) is 4.79 Å². The van der Waals surface area contributed by atoms with Crippen molar-refractivity contribution in [3.8, 4) is 0 Å². The number of piperidine rings is 1. The fraction of sp³-hybridized carbons (Fsp3) is 0.933. The topological polar surface area (TPSA) is 40.5 Å². The van der Waals surface area contributed by atoms with Crippen LogP contribution in [0.25, 0.3) is 0 Å². The monoisotopic (exact) mass is 253 g/mol. The van der Waals surface area contributed by atoms with Crippen LogP contribution in [-0.4, -0.2) is 35.1 Å². The van der Waals surface area contributed by atoms with Gasteiger partial charge in [-0.2, -0.15) is 0 Å². The maximum Gasteiger partial charge on any atom is 0.306 e. The standard InChI is InChI=1S/C15H27NO2/c1-15(2)8-3-4-13(5-9-15)16-10-6-12(7-11-16)14(17)18/h12-13H,3-11H2,1-2H3,(H,17,18). The highest BCUT2D eigenvalue weighted by Crippen LogP contribution is 2.36. The first-order valence-electron chi connectivity index (χ1n) is 7.45. The number of aliphatic carboxylic acids is 1. The molecule has 0 radical (unpaired) electrons. The van der Waals surface area contributed by atoms with Crippen molar-refractivity contribution >= 4 is 5.97 Å². The second kappa shape index (κ2) is 5.60. The maximum absolute atomic E-state index is 11.0. The number of hydrogen-bond acceptors (Lipinski definition) is 2. The summed E-state index contributed by atoms with van der Waals surface area (Å²) in [4.78, 5) is 13.5. The molecule has 0 aromatic rings. The Morgan fingerprint density at radius 1 is 1.11 bits per heavy atom. The SMILES string of the molecule is CC1(C)CCCC(N2CCC(C(=O)O)CC2)CC1.